The largest absolute Gasteiger partial charge is 0.423 e. The van der Waals surface area contributed by atoms with Gasteiger partial charge in [-0.1, -0.05) is 0 Å². The predicted molar refractivity (Wildman–Crippen MR) is 47.5 cm³/mol. The Morgan fingerprint density at radius 1 is 1.54 bits per heavy atom. The third kappa shape index (κ3) is 1.37. The molecular weight excluding hydrogens is 166 g/mol. The highest BCUT2D eigenvalue weighted by molar-refractivity contribution is 5.46. The molecule has 1 aliphatic carbocycles. The number of nitrogens with zero attached hydrogens (tertiary/aromatic N) is 3. The van der Waals surface area contributed by atoms with Gasteiger partial charge in [0.1, 0.15) is 6.07 Å². The first-order valence-corrected chi connectivity index (χ1v) is 4.30. The Morgan fingerprint density at radius 3 is 2.62 bits per heavy atom. The Labute approximate surface area is 76.8 Å². The lowest BCUT2D eigenvalue weighted by Gasteiger charge is -2.06. The lowest BCUT2D eigenvalue weighted by atomic mass is 10.4. The van der Waals surface area contributed by atoms with Gasteiger partial charge in [0.25, 0.3) is 0 Å². The summed E-state index contributed by atoms with van der Waals surface area (Å²) in [5.41, 5.74) is 0.395. The molecule has 68 valence electrons. The molecule has 0 N–H and O–H groups in total. The van der Waals surface area contributed by atoms with Gasteiger partial charge in [0.15, 0.2) is 0 Å². The first kappa shape index (κ1) is 8.11. The smallest absolute Gasteiger partial charge is 0.234 e. The number of aromatic nitrogens is 1. The van der Waals surface area contributed by atoms with Gasteiger partial charge in [0.2, 0.25) is 17.5 Å². The SMILES string of the molecule is CN(C)c1oc(C2CC2)nc1C#N. The van der Waals surface area contributed by atoms with Crippen molar-refractivity contribution >= 4 is 5.88 Å². The molecule has 0 radical (unpaired) electrons. The maximum Gasteiger partial charge on any atom is 0.234 e. The molecule has 1 saturated carbocycles. The van der Waals surface area contributed by atoms with Crippen LogP contribution in [0.5, 0.6) is 0 Å². The van der Waals surface area contributed by atoms with Crippen LogP contribution < -0.4 is 4.90 Å². The summed E-state index contributed by atoms with van der Waals surface area (Å²) in [6.45, 7) is 0. The Kier molecular flexibility index (Phi) is 1.73. The van der Waals surface area contributed by atoms with Crippen molar-refractivity contribution in [1.82, 2.24) is 4.98 Å². The molecular formula is C9H11N3O. The van der Waals surface area contributed by atoms with E-state index in [2.05, 4.69) is 4.98 Å². The molecule has 0 amide bonds. The normalized spacial score (nSPS) is 15.5. The van der Waals surface area contributed by atoms with Crippen molar-refractivity contribution in [2.24, 2.45) is 0 Å². The van der Waals surface area contributed by atoms with Gasteiger partial charge < -0.3 is 9.32 Å². The van der Waals surface area contributed by atoms with Crippen molar-refractivity contribution in [3.05, 3.63) is 11.6 Å². The molecule has 1 aliphatic rings. The fourth-order valence-corrected chi connectivity index (χ4v) is 1.21. The van der Waals surface area contributed by atoms with E-state index in [0.29, 0.717) is 17.5 Å². The fraction of sp³-hybridized carbons (Fsp3) is 0.556. The van der Waals surface area contributed by atoms with E-state index in [-0.39, 0.29) is 0 Å². The number of hydrogen-bond acceptors (Lipinski definition) is 4. The monoisotopic (exact) mass is 177 g/mol. The van der Waals surface area contributed by atoms with Crippen LogP contribution in [0, 0.1) is 11.3 Å². The summed E-state index contributed by atoms with van der Waals surface area (Å²) in [6.07, 6.45) is 2.27. The Balaban J connectivity index is 2.37. The first-order valence-electron chi connectivity index (χ1n) is 4.30. The molecule has 1 fully saturated rings. The second-order valence-electron chi connectivity index (χ2n) is 3.49. The topological polar surface area (TPSA) is 53.1 Å². The minimum absolute atomic E-state index is 0.395. The molecule has 4 heteroatoms. The van der Waals surface area contributed by atoms with E-state index < -0.39 is 0 Å². The zero-order chi connectivity index (χ0) is 9.42. The Hall–Kier alpha value is -1.50. The van der Waals surface area contributed by atoms with Crippen molar-refractivity contribution in [1.29, 1.82) is 5.26 Å². The predicted octanol–water partition coefficient (Wildman–Crippen LogP) is 1.49. The molecule has 13 heavy (non-hydrogen) atoms. The highest BCUT2D eigenvalue weighted by Gasteiger charge is 2.30. The molecule has 0 atom stereocenters. The highest BCUT2D eigenvalue weighted by Crippen LogP contribution is 2.41. The molecule has 1 aromatic rings. The molecule has 1 heterocycles. The number of hydrogen-bond donors (Lipinski definition) is 0. The van der Waals surface area contributed by atoms with Gasteiger partial charge in [-0.25, -0.2) is 4.98 Å². The molecule has 0 aliphatic heterocycles. The summed E-state index contributed by atoms with van der Waals surface area (Å²) in [5, 5.41) is 8.78. The molecule has 0 spiro atoms. The number of rotatable bonds is 2. The quantitative estimate of drug-likeness (QED) is 0.686. The highest BCUT2D eigenvalue weighted by atomic mass is 16.4. The van der Waals surface area contributed by atoms with Crippen LogP contribution in [0.1, 0.15) is 30.3 Å². The average Bonchev–Trinajstić information content (AvgIpc) is 2.84. The number of nitriles is 1. The third-order valence-electron chi connectivity index (χ3n) is 2.06. The maximum atomic E-state index is 8.78. The van der Waals surface area contributed by atoms with Gasteiger partial charge in [-0.2, -0.15) is 5.26 Å². The van der Waals surface area contributed by atoms with Crippen LogP contribution in [0.2, 0.25) is 0 Å². The van der Waals surface area contributed by atoms with Crippen molar-refractivity contribution in [2.75, 3.05) is 19.0 Å². The summed E-state index contributed by atoms with van der Waals surface area (Å²) < 4.78 is 5.48. The standard InChI is InChI=1S/C9H11N3O/c1-12(2)9-7(5-10)11-8(13-9)6-3-4-6/h6H,3-4H2,1-2H3. The van der Waals surface area contributed by atoms with Gasteiger partial charge in [-0.3, -0.25) is 0 Å². The van der Waals surface area contributed by atoms with Crippen LogP contribution in [-0.2, 0) is 0 Å². The molecule has 0 bridgehead atoms. The van der Waals surface area contributed by atoms with Crippen LogP contribution in [0.4, 0.5) is 5.88 Å². The minimum Gasteiger partial charge on any atom is -0.423 e. The van der Waals surface area contributed by atoms with Gasteiger partial charge in [0.05, 0.1) is 0 Å². The zero-order valence-electron chi connectivity index (χ0n) is 7.74. The molecule has 2 rings (SSSR count). The van der Waals surface area contributed by atoms with Crippen LogP contribution in [0.3, 0.4) is 0 Å². The number of anilines is 1. The third-order valence-corrected chi connectivity index (χ3v) is 2.06. The second kappa shape index (κ2) is 2.77. The maximum absolute atomic E-state index is 8.78. The second-order valence-corrected chi connectivity index (χ2v) is 3.49. The van der Waals surface area contributed by atoms with E-state index >= 15 is 0 Å². The van der Waals surface area contributed by atoms with Crippen LogP contribution in [0.25, 0.3) is 0 Å². The van der Waals surface area contributed by atoms with Crippen LogP contribution in [-0.4, -0.2) is 19.1 Å². The summed E-state index contributed by atoms with van der Waals surface area (Å²) >= 11 is 0. The molecule has 0 unspecified atom stereocenters. The van der Waals surface area contributed by atoms with Gasteiger partial charge in [-0.05, 0) is 12.8 Å². The van der Waals surface area contributed by atoms with E-state index in [0.717, 1.165) is 18.7 Å². The van der Waals surface area contributed by atoms with Gasteiger partial charge >= 0.3 is 0 Å². The summed E-state index contributed by atoms with van der Waals surface area (Å²) in [7, 11) is 3.69. The molecule has 0 saturated heterocycles. The molecule has 4 nitrogen and oxygen atoms in total. The minimum atomic E-state index is 0.395. The fourth-order valence-electron chi connectivity index (χ4n) is 1.21. The van der Waals surface area contributed by atoms with E-state index in [1.807, 2.05) is 20.2 Å². The van der Waals surface area contributed by atoms with E-state index in [1.54, 1.807) is 4.90 Å². The van der Waals surface area contributed by atoms with Gasteiger partial charge in [0, 0.05) is 20.0 Å². The number of oxazole rings is 1. The van der Waals surface area contributed by atoms with E-state index in [4.69, 9.17) is 9.68 Å². The lowest BCUT2D eigenvalue weighted by Crippen LogP contribution is -2.08. The first-order chi connectivity index (χ1) is 6.22. The Morgan fingerprint density at radius 2 is 2.23 bits per heavy atom. The van der Waals surface area contributed by atoms with Gasteiger partial charge in [-0.15, -0.1) is 0 Å². The van der Waals surface area contributed by atoms with Crippen molar-refractivity contribution in [3.8, 4) is 6.07 Å². The summed E-state index contributed by atoms with van der Waals surface area (Å²) in [5.74, 6) is 1.76. The van der Waals surface area contributed by atoms with E-state index in [9.17, 15) is 0 Å². The van der Waals surface area contributed by atoms with Crippen molar-refractivity contribution < 1.29 is 4.42 Å². The average molecular weight is 177 g/mol. The van der Waals surface area contributed by atoms with Crippen molar-refractivity contribution in [3.63, 3.8) is 0 Å². The van der Waals surface area contributed by atoms with E-state index in [1.165, 1.54) is 0 Å². The summed E-state index contributed by atoms with van der Waals surface area (Å²) in [4.78, 5) is 5.92. The zero-order valence-corrected chi connectivity index (χ0v) is 7.74. The van der Waals surface area contributed by atoms with Crippen LogP contribution >= 0.6 is 0 Å². The Bertz CT molecular complexity index is 357. The lowest BCUT2D eigenvalue weighted by molar-refractivity contribution is 0.498. The summed E-state index contributed by atoms with van der Waals surface area (Å²) in [6, 6.07) is 2.03. The molecule has 1 aromatic heterocycles. The van der Waals surface area contributed by atoms with Crippen molar-refractivity contribution in [2.45, 2.75) is 18.8 Å². The van der Waals surface area contributed by atoms with Crippen LogP contribution in [0.15, 0.2) is 4.42 Å². The molecule has 0 aromatic carbocycles.